The van der Waals surface area contributed by atoms with Crippen LogP contribution in [0.3, 0.4) is 0 Å². The zero-order valence-corrected chi connectivity index (χ0v) is 75.4. The monoisotopic (exact) mass is 1490 g/mol. The Morgan fingerprint density at radius 1 is 0.185 bits per heavy atom. The van der Waals surface area contributed by atoms with Gasteiger partial charge in [0.25, 0.3) is 0 Å². The van der Waals surface area contributed by atoms with Crippen LogP contribution in [0.1, 0.15) is 312 Å². The molecule has 108 heavy (non-hydrogen) atoms. The summed E-state index contributed by atoms with van der Waals surface area (Å²) in [4.78, 5) is 0. The molecule has 4 nitrogen and oxygen atoms in total. The molecule has 618 valence electrons. The topological polar surface area (TPSA) is 0 Å². The van der Waals surface area contributed by atoms with E-state index in [1.165, 1.54) is 151 Å². The van der Waals surface area contributed by atoms with Gasteiger partial charge >= 0.3 is 0 Å². The summed E-state index contributed by atoms with van der Waals surface area (Å²) >= 11 is 0. The Morgan fingerprint density at radius 2 is 0.398 bits per heavy atom. The van der Waals surface area contributed by atoms with Gasteiger partial charge in [0.05, 0.1) is 110 Å². The lowest BCUT2D eigenvalue weighted by atomic mass is 9.51. The van der Waals surface area contributed by atoms with E-state index in [0.717, 1.165) is 246 Å². The number of hydrogen-bond acceptors (Lipinski definition) is 0. The van der Waals surface area contributed by atoms with Crippen LogP contribution < -0.4 is 0 Å². The molecule has 0 amide bonds. The van der Waals surface area contributed by atoms with Gasteiger partial charge in [0, 0.05) is 0 Å². The van der Waals surface area contributed by atoms with Crippen LogP contribution in [0.25, 0.3) is 0 Å². The largest absolute Gasteiger partial charge is 0.331 e. The molecule has 16 fully saturated rings. The third-order valence-corrected chi connectivity index (χ3v) is 41.7. The molecule has 0 radical (unpaired) electrons. The van der Waals surface area contributed by atoms with Crippen LogP contribution in [-0.4, -0.2) is 128 Å². The fourth-order valence-electron chi connectivity index (χ4n) is 38.2. The fraction of sp³-hybridized carbons (Fsp3) is 1.00. The van der Waals surface area contributed by atoms with E-state index in [9.17, 15) is 0 Å². The molecule has 0 heterocycles. The zero-order chi connectivity index (χ0) is 75.6. The SMILES string of the molecule is CCCCC1CC2CC1C(C)C2C1C2CC(CC2CCC[N+](C)(C)C)C1C1C2CC(CC2CCCC)C1C1C(C)C2CC(CCC[N+](C)(C)CCCCCC[N+](C)(C)CCCC3CC4CC3C(C)C4C3C4CC(CC4CCCC)C3C3C4CC(CC4CCC[N+](C)(C)C)C3C3C(C)C4CC(CCCC)C3C4)C1C2. The minimum atomic E-state index is 0.985. The minimum Gasteiger partial charge on any atom is -0.331 e. The first kappa shape index (κ1) is 81.6. The Labute approximate surface area is 672 Å². The third kappa shape index (κ3) is 15.9. The van der Waals surface area contributed by atoms with Crippen molar-refractivity contribution in [1.82, 2.24) is 0 Å². The minimum absolute atomic E-state index is 0.985. The first-order valence-electron chi connectivity index (χ1n) is 51.0. The Kier molecular flexibility index (Phi) is 25.1. The molecule has 16 aliphatic carbocycles. The molecule has 40 atom stereocenters. The highest BCUT2D eigenvalue weighted by atomic mass is 15.3. The average molecular weight is 1490 g/mol. The van der Waals surface area contributed by atoms with Crippen molar-refractivity contribution in [3.63, 3.8) is 0 Å². The van der Waals surface area contributed by atoms with Crippen LogP contribution in [0.5, 0.6) is 0 Å². The molecule has 16 rings (SSSR count). The van der Waals surface area contributed by atoms with Gasteiger partial charge in [-0.1, -0.05) is 132 Å². The van der Waals surface area contributed by atoms with Gasteiger partial charge in [-0.05, 0) is 416 Å². The normalized spacial score (nSPS) is 49.2. The van der Waals surface area contributed by atoms with Crippen molar-refractivity contribution in [1.29, 1.82) is 0 Å². The van der Waals surface area contributed by atoms with Crippen LogP contribution >= 0.6 is 0 Å². The van der Waals surface area contributed by atoms with Crippen molar-refractivity contribution in [3.8, 4) is 0 Å². The molecule has 16 bridgehead atoms. The summed E-state index contributed by atoms with van der Waals surface area (Å²) in [6, 6.07) is 0. The summed E-state index contributed by atoms with van der Waals surface area (Å²) in [5.41, 5.74) is 0. The molecule has 16 saturated carbocycles. The Hall–Kier alpha value is -0.160. The lowest BCUT2D eigenvalue weighted by molar-refractivity contribution is -0.891. The summed E-state index contributed by atoms with van der Waals surface area (Å²) in [7, 11) is 25.3. The van der Waals surface area contributed by atoms with Crippen molar-refractivity contribution in [2.45, 2.75) is 312 Å². The molecule has 0 aromatic heterocycles. The van der Waals surface area contributed by atoms with Crippen LogP contribution in [0.15, 0.2) is 0 Å². The summed E-state index contributed by atoms with van der Waals surface area (Å²) in [6.07, 6.45) is 61.9. The smallest absolute Gasteiger partial charge is 0.0782 e. The summed E-state index contributed by atoms with van der Waals surface area (Å²) in [6.45, 7) is 29.8. The van der Waals surface area contributed by atoms with E-state index in [0.29, 0.717) is 0 Å². The van der Waals surface area contributed by atoms with E-state index in [4.69, 9.17) is 0 Å². The molecule has 0 saturated heterocycles. The number of nitrogens with zero attached hydrogens (tertiary/aromatic N) is 4. The molecular formula is C104H186N4+4. The summed E-state index contributed by atoms with van der Waals surface area (Å²) in [5, 5.41) is 0. The summed E-state index contributed by atoms with van der Waals surface area (Å²) < 4.78 is 4.84. The van der Waals surface area contributed by atoms with E-state index < -0.39 is 0 Å². The molecule has 0 N–H and O–H groups in total. The number of hydrogen-bond donors (Lipinski definition) is 0. The van der Waals surface area contributed by atoms with Gasteiger partial charge < -0.3 is 17.9 Å². The highest BCUT2D eigenvalue weighted by Crippen LogP contribution is 2.78. The Morgan fingerprint density at radius 3 is 0.676 bits per heavy atom. The lowest BCUT2D eigenvalue weighted by Crippen LogP contribution is -2.49. The predicted molar refractivity (Wildman–Crippen MR) is 459 cm³/mol. The van der Waals surface area contributed by atoms with Crippen molar-refractivity contribution < 1.29 is 17.9 Å². The van der Waals surface area contributed by atoms with E-state index >= 15 is 0 Å². The Bertz CT molecular complexity index is 2870. The van der Waals surface area contributed by atoms with Crippen molar-refractivity contribution in [2.75, 3.05) is 110 Å². The highest BCUT2D eigenvalue weighted by molar-refractivity contribution is 5.20. The second kappa shape index (κ2) is 33.2. The lowest BCUT2D eigenvalue weighted by Gasteiger charge is -2.54. The first-order valence-corrected chi connectivity index (χ1v) is 51.0. The molecule has 40 unspecified atom stereocenters. The maximum absolute atomic E-state index is 2.91. The second-order valence-electron chi connectivity index (χ2n) is 50.0. The van der Waals surface area contributed by atoms with E-state index in [1.54, 1.807) is 154 Å². The molecule has 4 heteroatoms. The maximum Gasteiger partial charge on any atom is 0.0782 e. The van der Waals surface area contributed by atoms with E-state index in [1.807, 2.05) is 0 Å². The predicted octanol–water partition coefficient (Wildman–Crippen LogP) is 25.2. The number of fused-ring (bicyclic) bond motifs is 16. The van der Waals surface area contributed by atoms with Crippen LogP contribution in [0.2, 0.25) is 0 Å². The van der Waals surface area contributed by atoms with Crippen LogP contribution in [-0.2, 0) is 0 Å². The van der Waals surface area contributed by atoms with Gasteiger partial charge in [0.1, 0.15) is 0 Å². The van der Waals surface area contributed by atoms with Gasteiger partial charge in [-0.2, -0.15) is 0 Å². The molecular weight excluding hydrogens is 1310 g/mol. The molecule has 0 aromatic carbocycles. The van der Waals surface area contributed by atoms with Crippen LogP contribution in [0, 0.1) is 237 Å². The summed E-state index contributed by atoms with van der Waals surface area (Å²) in [5.74, 6) is 42.5. The van der Waals surface area contributed by atoms with E-state index in [-0.39, 0.29) is 0 Å². The molecule has 16 aliphatic rings. The van der Waals surface area contributed by atoms with Crippen molar-refractivity contribution in [2.24, 2.45) is 237 Å². The van der Waals surface area contributed by atoms with Gasteiger partial charge in [-0.3, -0.25) is 0 Å². The van der Waals surface area contributed by atoms with Crippen molar-refractivity contribution >= 4 is 0 Å². The fourth-order valence-corrected chi connectivity index (χ4v) is 38.2. The Balaban J connectivity index is 0.503. The molecule has 0 aliphatic heterocycles. The standard InChI is InChI=1S/C104H186N4/c1-19-23-35-69-51-79-59-85(69)67(7)93(79)102-90-64-84(56-75(90)39-31-43-105(9,10)11)100(102)103-91-61-81(53-73(91)38-26-22-4)97(103)96-66(6)78-50-74(88(96)58-78)42-34-48-108(17,18)46-30-28-27-29-45-107(15,16)47-33-41-70-52-80-60-86(70)68(8)94(80)101-89-63-83(54-72(89)37-25-21-3)99(101)104-92-62-82(55-76(92)40-32-44-106(12,13)14)98(104)95-65(5)77-49-71(36-24-20-2)87(95)57-77/h65-104H,19-64H2,1-18H3/q+4. The molecule has 0 aromatic rings. The van der Waals surface area contributed by atoms with Gasteiger partial charge in [0.2, 0.25) is 0 Å². The third-order valence-electron chi connectivity index (χ3n) is 41.7. The second-order valence-corrected chi connectivity index (χ2v) is 50.0. The van der Waals surface area contributed by atoms with Gasteiger partial charge in [-0.25, -0.2) is 0 Å². The van der Waals surface area contributed by atoms with E-state index in [2.05, 4.69) is 126 Å². The van der Waals surface area contributed by atoms with Crippen LogP contribution in [0.4, 0.5) is 0 Å². The zero-order valence-electron chi connectivity index (χ0n) is 75.4. The number of unbranched alkanes of at least 4 members (excludes halogenated alkanes) is 7. The van der Waals surface area contributed by atoms with Gasteiger partial charge in [0.15, 0.2) is 0 Å². The first-order chi connectivity index (χ1) is 51.8. The molecule has 0 spiro atoms. The average Bonchev–Trinajstić information content (AvgIpc) is 1.53. The van der Waals surface area contributed by atoms with Gasteiger partial charge in [-0.15, -0.1) is 0 Å². The number of quaternary nitrogens is 4. The van der Waals surface area contributed by atoms with Crippen molar-refractivity contribution in [3.05, 3.63) is 0 Å². The maximum atomic E-state index is 2.91. The number of rotatable bonds is 41. The quantitative estimate of drug-likeness (QED) is 0.0423. The highest BCUT2D eigenvalue weighted by Gasteiger charge is 2.72.